The number of hydrogen-bond acceptors (Lipinski definition) is 4. The molecule has 178 valence electrons. The van der Waals surface area contributed by atoms with Crippen LogP contribution < -0.4 is 14.4 Å². The van der Waals surface area contributed by atoms with Gasteiger partial charge in [-0.05, 0) is 67.6 Å². The molecule has 0 radical (unpaired) electrons. The molecule has 4 rings (SSSR count). The van der Waals surface area contributed by atoms with E-state index in [-0.39, 0.29) is 24.2 Å². The Bertz CT molecular complexity index is 1310. The van der Waals surface area contributed by atoms with E-state index < -0.39 is 16.1 Å². The van der Waals surface area contributed by atoms with Crippen LogP contribution in [0.1, 0.15) is 40.8 Å². The summed E-state index contributed by atoms with van der Waals surface area (Å²) >= 11 is 0. The van der Waals surface area contributed by atoms with Crippen LogP contribution in [-0.2, 0) is 20.6 Å². The number of carbonyl (C=O) groups excluding carboxylic acids is 1. The van der Waals surface area contributed by atoms with Crippen LogP contribution in [0, 0.1) is 20.8 Å². The first-order valence-corrected chi connectivity index (χ1v) is 12.9. The molecule has 1 aliphatic heterocycles. The largest absolute Gasteiger partial charge is 0.476 e. The van der Waals surface area contributed by atoms with E-state index in [0.717, 1.165) is 16.7 Å². The van der Waals surface area contributed by atoms with Gasteiger partial charge in [-0.3, -0.25) is 9.10 Å². The van der Waals surface area contributed by atoms with Gasteiger partial charge >= 0.3 is 0 Å². The monoisotopic (exact) mass is 478 g/mol. The third kappa shape index (κ3) is 4.94. The second-order valence-electron chi connectivity index (χ2n) is 8.87. The molecule has 3 aromatic carbocycles. The predicted octanol–water partition coefficient (Wildman–Crippen LogP) is 4.59. The van der Waals surface area contributed by atoms with E-state index in [4.69, 9.17) is 4.74 Å². The van der Waals surface area contributed by atoms with Gasteiger partial charge in [-0.15, -0.1) is 0 Å². The van der Waals surface area contributed by atoms with E-state index in [1.807, 2.05) is 39.0 Å². The highest BCUT2D eigenvalue weighted by molar-refractivity contribution is 7.92. The van der Waals surface area contributed by atoms with Gasteiger partial charge < -0.3 is 10.1 Å². The van der Waals surface area contributed by atoms with E-state index in [0.29, 0.717) is 17.0 Å². The fourth-order valence-electron chi connectivity index (χ4n) is 4.30. The normalized spacial score (nSPS) is 16.4. The summed E-state index contributed by atoms with van der Waals surface area (Å²) in [6.07, 6.45) is -0.963. The second kappa shape index (κ2) is 9.50. The van der Waals surface area contributed by atoms with Gasteiger partial charge in [0.2, 0.25) is 10.0 Å². The van der Waals surface area contributed by atoms with E-state index in [9.17, 15) is 13.2 Å². The number of rotatable bonds is 6. The molecule has 3 aromatic rings. The van der Waals surface area contributed by atoms with Crippen molar-refractivity contribution in [2.45, 2.75) is 45.6 Å². The molecule has 0 fully saturated rings. The van der Waals surface area contributed by atoms with Gasteiger partial charge in [-0.2, -0.15) is 0 Å². The molecule has 6 nitrogen and oxygen atoms in total. The van der Waals surface area contributed by atoms with Crippen LogP contribution in [0.2, 0.25) is 0 Å². The van der Waals surface area contributed by atoms with Gasteiger partial charge in [-0.25, -0.2) is 8.42 Å². The molecular weight excluding hydrogens is 448 g/mol. The summed E-state index contributed by atoms with van der Waals surface area (Å²) in [7, 11) is -3.74. The van der Waals surface area contributed by atoms with Crippen LogP contribution in [0.25, 0.3) is 0 Å². The lowest BCUT2D eigenvalue weighted by atomic mass is 9.96. The Morgan fingerprint density at radius 2 is 1.65 bits per heavy atom. The Labute approximate surface area is 201 Å². The summed E-state index contributed by atoms with van der Waals surface area (Å²) in [6.45, 7) is 7.97. The van der Waals surface area contributed by atoms with Crippen molar-refractivity contribution in [2.75, 3.05) is 10.8 Å². The number of hydrogen-bond donors (Lipinski definition) is 1. The van der Waals surface area contributed by atoms with Crippen LogP contribution in [-0.4, -0.2) is 27.0 Å². The zero-order chi connectivity index (χ0) is 24.5. The SMILES string of the molecule is Cc1cc(C)c([C@H](C)NC(=O)[C@@H]2CN(S(=O)(=O)Cc3ccccc3)c3ccccc3O2)cc1C. The molecule has 1 heterocycles. The Balaban J connectivity index is 1.58. The number of benzene rings is 3. The molecule has 7 heteroatoms. The summed E-state index contributed by atoms with van der Waals surface area (Å²) in [5.41, 5.74) is 5.61. The number of sulfonamides is 1. The average Bonchev–Trinajstić information content (AvgIpc) is 2.80. The van der Waals surface area contributed by atoms with E-state index >= 15 is 0 Å². The lowest BCUT2D eigenvalue weighted by molar-refractivity contribution is -0.128. The molecule has 0 spiro atoms. The molecule has 0 aromatic heterocycles. The maximum absolute atomic E-state index is 13.4. The van der Waals surface area contributed by atoms with E-state index in [1.54, 1.807) is 36.4 Å². The number of anilines is 1. The predicted molar refractivity (Wildman–Crippen MR) is 134 cm³/mol. The minimum Gasteiger partial charge on any atom is -0.476 e. The Kier molecular flexibility index (Phi) is 6.66. The Morgan fingerprint density at radius 3 is 2.38 bits per heavy atom. The summed E-state index contributed by atoms with van der Waals surface area (Å²) < 4.78 is 34.0. The number of carbonyl (C=O) groups is 1. The summed E-state index contributed by atoms with van der Waals surface area (Å²) in [5, 5.41) is 3.02. The molecular formula is C27H30N2O4S. The van der Waals surface area contributed by atoms with Crippen molar-refractivity contribution >= 4 is 21.6 Å². The van der Waals surface area contributed by atoms with Gasteiger partial charge in [0.05, 0.1) is 24.0 Å². The lowest BCUT2D eigenvalue weighted by Crippen LogP contribution is -2.51. The Hall–Kier alpha value is -3.32. The zero-order valence-corrected chi connectivity index (χ0v) is 20.7. The molecule has 0 unspecified atom stereocenters. The number of para-hydroxylation sites is 2. The first kappa shape index (κ1) is 23.8. The van der Waals surface area contributed by atoms with Crippen LogP contribution >= 0.6 is 0 Å². The molecule has 1 N–H and O–H groups in total. The smallest absolute Gasteiger partial charge is 0.263 e. The third-order valence-electron chi connectivity index (χ3n) is 6.26. The van der Waals surface area contributed by atoms with Crippen molar-refractivity contribution < 1.29 is 17.9 Å². The highest BCUT2D eigenvalue weighted by atomic mass is 32.2. The fourth-order valence-corrected chi connectivity index (χ4v) is 5.88. The van der Waals surface area contributed by atoms with Crippen molar-refractivity contribution in [1.29, 1.82) is 0 Å². The first-order chi connectivity index (χ1) is 16.2. The number of nitrogens with zero attached hydrogens (tertiary/aromatic N) is 1. The highest BCUT2D eigenvalue weighted by Gasteiger charge is 2.37. The van der Waals surface area contributed by atoms with Crippen LogP contribution in [0.4, 0.5) is 5.69 Å². The second-order valence-corrected chi connectivity index (χ2v) is 10.8. The fraction of sp³-hybridized carbons (Fsp3) is 0.296. The van der Waals surface area contributed by atoms with Crippen molar-refractivity contribution in [3.8, 4) is 5.75 Å². The van der Waals surface area contributed by atoms with Gasteiger partial charge in [0, 0.05) is 0 Å². The minimum absolute atomic E-state index is 0.0867. The molecule has 1 aliphatic rings. The average molecular weight is 479 g/mol. The minimum atomic E-state index is -3.74. The first-order valence-electron chi connectivity index (χ1n) is 11.3. The van der Waals surface area contributed by atoms with E-state index in [1.165, 1.54) is 9.87 Å². The maximum Gasteiger partial charge on any atom is 0.263 e. The van der Waals surface area contributed by atoms with Gasteiger partial charge in [0.15, 0.2) is 6.10 Å². The third-order valence-corrected chi connectivity index (χ3v) is 7.98. The van der Waals surface area contributed by atoms with Crippen LogP contribution in [0.5, 0.6) is 5.75 Å². The quantitative estimate of drug-likeness (QED) is 0.562. The standard InChI is InChI=1S/C27H30N2O4S/c1-18-14-20(3)23(15-19(18)2)21(4)28-27(30)26-16-29(24-12-8-9-13-25(24)33-26)34(31,32)17-22-10-6-5-7-11-22/h5-15,21,26H,16-17H2,1-4H3,(H,28,30)/t21-,26-/m0/s1. The highest BCUT2D eigenvalue weighted by Crippen LogP contribution is 2.36. The zero-order valence-electron chi connectivity index (χ0n) is 19.9. The number of fused-ring (bicyclic) bond motifs is 1. The summed E-state index contributed by atoms with van der Waals surface area (Å²) in [5.74, 6) is -0.130. The van der Waals surface area contributed by atoms with Crippen LogP contribution in [0.15, 0.2) is 66.7 Å². The molecule has 2 atom stereocenters. The van der Waals surface area contributed by atoms with Crippen molar-refractivity contribution in [3.05, 3.63) is 94.5 Å². The van der Waals surface area contributed by atoms with Gasteiger partial charge in [0.1, 0.15) is 5.75 Å². The molecule has 1 amide bonds. The van der Waals surface area contributed by atoms with Gasteiger partial charge in [-0.1, -0.05) is 54.6 Å². The molecule has 0 bridgehead atoms. The van der Waals surface area contributed by atoms with Crippen molar-refractivity contribution in [3.63, 3.8) is 0 Å². The lowest BCUT2D eigenvalue weighted by Gasteiger charge is -2.35. The van der Waals surface area contributed by atoms with E-state index in [2.05, 4.69) is 24.4 Å². The van der Waals surface area contributed by atoms with Gasteiger partial charge in [0.25, 0.3) is 5.91 Å². The molecule has 0 saturated carbocycles. The topological polar surface area (TPSA) is 75.7 Å². The molecule has 0 saturated heterocycles. The van der Waals surface area contributed by atoms with Crippen molar-refractivity contribution in [2.24, 2.45) is 0 Å². The van der Waals surface area contributed by atoms with Crippen molar-refractivity contribution in [1.82, 2.24) is 5.32 Å². The maximum atomic E-state index is 13.4. The Morgan fingerprint density at radius 1 is 1.00 bits per heavy atom. The number of amides is 1. The molecule has 34 heavy (non-hydrogen) atoms. The number of nitrogens with one attached hydrogen (secondary N) is 1. The number of ether oxygens (including phenoxy) is 1. The summed E-state index contributed by atoms with van der Waals surface area (Å²) in [4.78, 5) is 13.2. The molecule has 0 aliphatic carbocycles. The summed E-state index contributed by atoms with van der Waals surface area (Å²) in [6, 6.07) is 19.9. The number of aryl methyl sites for hydroxylation is 3. The van der Waals surface area contributed by atoms with Crippen LogP contribution in [0.3, 0.4) is 0 Å².